The topological polar surface area (TPSA) is 54.6 Å². The van der Waals surface area contributed by atoms with Gasteiger partial charge in [-0.3, -0.25) is 4.79 Å². The molecule has 4 heteroatoms. The van der Waals surface area contributed by atoms with Crippen molar-refractivity contribution in [2.45, 2.75) is 26.2 Å². The SMILES string of the molecule is CCC(C(=O)O)c1c(-c2ccc(C)cc2)nc2ccccn12. The van der Waals surface area contributed by atoms with E-state index in [2.05, 4.69) is 4.98 Å². The molecule has 112 valence electrons. The van der Waals surface area contributed by atoms with Crippen LogP contribution >= 0.6 is 0 Å². The van der Waals surface area contributed by atoms with Gasteiger partial charge in [0.2, 0.25) is 0 Å². The van der Waals surface area contributed by atoms with E-state index in [1.54, 1.807) is 0 Å². The predicted octanol–water partition coefficient (Wildman–Crippen LogP) is 3.89. The van der Waals surface area contributed by atoms with Crippen LogP contribution in [0.3, 0.4) is 0 Å². The summed E-state index contributed by atoms with van der Waals surface area (Å²) < 4.78 is 1.89. The summed E-state index contributed by atoms with van der Waals surface area (Å²) in [5.41, 5.74) is 4.38. The van der Waals surface area contributed by atoms with Crippen molar-refractivity contribution in [2.24, 2.45) is 0 Å². The Kier molecular flexibility index (Phi) is 3.67. The summed E-state index contributed by atoms with van der Waals surface area (Å²) in [7, 11) is 0. The van der Waals surface area contributed by atoms with Crippen LogP contribution in [0.2, 0.25) is 0 Å². The van der Waals surface area contributed by atoms with Crippen LogP contribution in [-0.4, -0.2) is 20.5 Å². The molecule has 0 saturated heterocycles. The van der Waals surface area contributed by atoms with Gasteiger partial charge in [-0.05, 0) is 25.5 Å². The van der Waals surface area contributed by atoms with Crippen molar-refractivity contribution in [1.82, 2.24) is 9.38 Å². The average molecular weight is 294 g/mol. The molecule has 3 aromatic rings. The van der Waals surface area contributed by atoms with E-state index in [-0.39, 0.29) is 0 Å². The summed E-state index contributed by atoms with van der Waals surface area (Å²) in [5.74, 6) is -1.39. The minimum absolute atomic E-state index is 0.525. The van der Waals surface area contributed by atoms with E-state index in [1.807, 2.05) is 66.9 Å². The second-order valence-electron chi connectivity index (χ2n) is 5.44. The molecule has 0 spiro atoms. The van der Waals surface area contributed by atoms with Crippen LogP contribution in [-0.2, 0) is 4.79 Å². The molecular weight excluding hydrogens is 276 g/mol. The maximum absolute atomic E-state index is 11.7. The number of aromatic nitrogens is 2. The van der Waals surface area contributed by atoms with Crippen molar-refractivity contribution < 1.29 is 9.90 Å². The number of pyridine rings is 1. The third-order valence-electron chi connectivity index (χ3n) is 3.93. The van der Waals surface area contributed by atoms with Gasteiger partial charge in [-0.15, -0.1) is 0 Å². The number of nitrogens with zero attached hydrogens (tertiary/aromatic N) is 2. The van der Waals surface area contributed by atoms with Crippen LogP contribution in [0.25, 0.3) is 16.9 Å². The van der Waals surface area contributed by atoms with E-state index < -0.39 is 11.9 Å². The summed E-state index contributed by atoms with van der Waals surface area (Å²) in [6, 6.07) is 13.7. The van der Waals surface area contributed by atoms with Crippen LogP contribution in [0.1, 0.15) is 30.5 Å². The highest BCUT2D eigenvalue weighted by atomic mass is 16.4. The lowest BCUT2D eigenvalue weighted by Crippen LogP contribution is -2.13. The van der Waals surface area contributed by atoms with Gasteiger partial charge in [-0.1, -0.05) is 42.8 Å². The molecule has 22 heavy (non-hydrogen) atoms. The van der Waals surface area contributed by atoms with Crippen molar-refractivity contribution in [3.63, 3.8) is 0 Å². The van der Waals surface area contributed by atoms with Crippen LogP contribution in [0.5, 0.6) is 0 Å². The third kappa shape index (κ3) is 2.37. The molecule has 0 amide bonds. The quantitative estimate of drug-likeness (QED) is 0.794. The Balaban J connectivity index is 2.29. The first-order chi connectivity index (χ1) is 10.6. The Labute approximate surface area is 129 Å². The Morgan fingerprint density at radius 1 is 1.23 bits per heavy atom. The highest BCUT2D eigenvalue weighted by molar-refractivity contribution is 5.80. The standard InChI is InChI=1S/C18H18N2O2/c1-3-14(18(21)22)17-16(13-9-7-12(2)8-10-13)19-15-6-4-5-11-20(15)17/h4-11,14H,3H2,1-2H3,(H,21,22). The highest BCUT2D eigenvalue weighted by Gasteiger charge is 2.26. The fourth-order valence-electron chi connectivity index (χ4n) is 2.76. The smallest absolute Gasteiger partial charge is 0.312 e. The first-order valence-electron chi connectivity index (χ1n) is 7.38. The van der Waals surface area contributed by atoms with E-state index in [0.29, 0.717) is 6.42 Å². The third-order valence-corrected chi connectivity index (χ3v) is 3.93. The molecule has 1 N–H and O–H groups in total. The Morgan fingerprint density at radius 2 is 1.95 bits per heavy atom. The number of aryl methyl sites for hydroxylation is 1. The second-order valence-corrected chi connectivity index (χ2v) is 5.44. The summed E-state index contributed by atoms with van der Waals surface area (Å²) in [4.78, 5) is 16.3. The minimum atomic E-state index is -0.818. The summed E-state index contributed by atoms with van der Waals surface area (Å²) >= 11 is 0. The number of carboxylic acid groups (broad SMARTS) is 1. The van der Waals surface area contributed by atoms with Gasteiger partial charge in [0.25, 0.3) is 0 Å². The van der Waals surface area contributed by atoms with Crippen LogP contribution in [0, 0.1) is 6.92 Å². The minimum Gasteiger partial charge on any atom is -0.481 e. The molecule has 0 bridgehead atoms. The molecule has 0 saturated carbocycles. The number of benzene rings is 1. The van der Waals surface area contributed by atoms with Crippen LogP contribution < -0.4 is 0 Å². The molecule has 4 nitrogen and oxygen atoms in total. The molecule has 0 aliphatic heterocycles. The van der Waals surface area contributed by atoms with E-state index in [0.717, 1.165) is 22.6 Å². The Hall–Kier alpha value is -2.62. The maximum atomic E-state index is 11.7. The zero-order chi connectivity index (χ0) is 15.7. The number of fused-ring (bicyclic) bond motifs is 1. The molecule has 0 aliphatic rings. The number of rotatable bonds is 4. The number of aliphatic carboxylic acids is 1. The highest BCUT2D eigenvalue weighted by Crippen LogP contribution is 2.32. The number of carbonyl (C=O) groups is 1. The van der Waals surface area contributed by atoms with Gasteiger partial charge in [0.1, 0.15) is 5.65 Å². The number of carboxylic acids is 1. The molecule has 0 aliphatic carbocycles. The lowest BCUT2D eigenvalue weighted by molar-refractivity contribution is -0.138. The van der Waals surface area contributed by atoms with E-state index in [4.69, 9.17) is 0 Å². The Bertz CT molecular complexity index is 819. The van der Waals surface area contributed by atoms with Gasteiger partial charge in [0, 0.05) is 11.8 Å². The molecule has 0 fully saturated rings. The molecule has 0 radical (unpaired) electrons. The largest absolute Gasteiger partial charge is 0.481 e. The number of hydrogen-bond donors (Lipinski definition) is 1. The summed E-state index contributed by atoms with van der Waals surface area (Å²) in [6.07, 6.45) is 2.40. The molecular formula is C18H18N2O2. The number of imidazole rings is 1. The molecule has 2 aromatic heterocycles. The molecule has 3 rings (SSSR count). The molecule has 1 atom stereocenters. The van der Waals surface area contributed by atoms with Crippen LogP contribution in [0.15, 0.2) is 48.7 Å². The lowest BCUT2D eigenvalue weighted by Gasteiger charge is -2.12. The first kappa shape index (κ1) is 14.3. The van der Waals surface area contributed by atoms with Crippen molar-refractivity contribution in [3.8, 4) is 11.3 Å². The van der Waals surface area contributed by atoms with Crippen molar-refractivity contribution in [2.75, 3.05) is 0 Å². The summed E-state index contributed by atoms with van der Waals surface area (Å²) in [5, 5.41) is 9.58. The van der Waals surface area contributed by atoms with Gasteiger partial charge >= 0.3 is 5.97 Å². The lowest BCUT2D eigenvalue weighted by atomic mass is 9.97. The first-order valence-corrected chi connectivity index (χ1v) is 7.38. The van der Waals surface area contributed by atoms with Gasteiger partial charge in [0.15, 0.2) is 0 Å². The fourth-order valence-corrected chi connectivity index (χ4v) is 2.76. The zero-order valence-electron chi connectivity index (χ0n) is 12.7. The van der Waals surface area contributed by atoms with E-state index >= 15 is 0 Å². The summed E-state index contributed by atoms with van der Waals surface area (Å²) in [6.45, 7) is 3.92. The molecule has 1 unspecified atom stereocenters. The zero-order valence-corrected chi connectivity index (χ0v) is 12.7. The van der Waals surface area contributed by atoms with Gasteiger partial charge in [-0.2, -0.15) is 0 Å². The van der Waals surface area contributed by atoms with Crippen molar-refractivity contribution >= 4 is 11.6 Å². The average Bonchev–Trinajstić information content (AvgIpc) is 2.88. The van der Waals surface area contributed by atoms with Gasteiger partial charge < -0.3 is 9.51 Å². The second kappa shape index (κ2) is 5.64. The van der Waals surface area contributed by atoms with Gasteiger partial charge in [-0.25, -0.2) is 4.98 Å². The molecule has 1 aromatic carbocycles. The Morgan fingerprint density at radius 3 is 2.59 bits per heavy atom. The monoisotopic (exact) mass is 294 g/mol. The normalized spacial score (nSPS) is 12.5. The maximum Gasteiger partial charge on any atom is 0.312 e. The fraction of sp³-hybridized carbons (Fsp3) is 0.222. The van der Waals surface area contributed by atoms with Gasteiger partial charge in [0.05, 0.1) is 17.3 Å². The van der Waals surface area contributed by atoms with E-state index in [9.17, 15) is 9.90 Å². The van der Waals surface area contributed by atoms with Crippen molar-refractivity contribution in [1.29, 1.82) is 0 Å². The van der Waals surface area contributed by atoms with Crippen molar-refractivity contribution in [3.05, 3.63) is 59.9 Å². The van der Waals surface area contributed by atoms with E-state index in [1.165, 1.54) is 5.56 Å². The molecule has 2 heterocycles. The number of hydrogen-bond acceptors (Lipinski definition) is 2. The predicted molar refractivity (Wildman–Crippen MR) is 86.0 cm³/mol. The van der Waals surface area contributed by atoms with Crippen LogP contribution in [0.4, 0.5) is 0 Å².